The molecule has 0 saturated carbocycles. The van der Waals surface area contributed by atoms with Gasteiger partial charge < -0.3 is 4.90 Å². The third-order valence-electron chi connectivity index (χ3n) is 9.68. The van der Waals surface area contributed by atoms with Crippen LogP contribution in [0.1, 0.15) is 61.2 Å². The fraction of sp³-hybridized carbons (Fsp3) is 0.0980. The Labute approximate surface area is 309 Å². The molecule has 0 atom stereocenters. The van der Waals surface area contributed by atoms with Crippen molar-refractivity contribution in [3.05, 3.63) is 231 Å². The Balaban J connectivity index is 1.29. The maximum atomic E-state index is 2.40. The van der Waals surface area contributed by atoms with Gasteiger partial charge in [-0.2, -0.15) is 0 Å². The highest BCUT2D eigenvalue weighted by Gasteiger charge is 2.18. The molecule has 0 fully saturated rings. The van der Waals surface area contributed by atoms with Crippen LogP contribution in [-0.4, -0.2) is 0 Å². The van der Waals surface area contributed by atoms with Gasteiger partial charge in [0, 0.05) is 11.4 Å². The molecule has 0 aliphatic carbocycles. The molecule has 0 aliphatic heterocycles. The molecule has 7 aromatic carbocycles. The zero-order valence-corrected chi connectivity index (χ0v) is 30.8. The van der Waals surface area contributed by atoms with Crippen molar-refractivity contribution in [2.24, 2.45) is 0 Å². The van der Waals surface area contributed by atoms with E-state index in [-0.39, 0.29) is 0 Å². The smallest absolute Gasteiger partial charge is 0.0520 e. The predicted octanol–water partition coefficient (Wildman–Crippen LogP) is 13.9. The van der Waals surface area contributed by atoms with Crippen molar-refractivity contribution in [2.45, 2.75) is 34.6 Å². The van der Waals surface area contributed by atoms with Crippen molar-refractivity contribution < 1.29 is 0 Å². The summed E-state index contributed by atoms with van der Waals surface area (Å²) in [5, 5.41) is 0. The van der Waals surface area contributed by atoms with E-state index in [1.165, 1.54) is 66.9 Å². The van der Waals surface area contributed by atoms with Gasteiger partial charge in [0.1, 0.15) is 0 Å². The van der Waals surface area contributed by atoms with Crippen LogP contribution >= 0.6 is 0 Å². The fourth-order valence-corrected chi connectivity index (χ4v) is 7.07. The Morgan fingerprint density at radius 3 is 1.08 bits per heavy atom. The summed E-state index contributed by atoms with van der Waals surface area (Å²) in [6, 6.07) is 61.5. The van der Waals surface area contributed by atoms with Gasteiger partial charge in [0.25, 0.3) is 0 Å². The lowest BCUT2D eigenvalue weighted by Gasteiger charge is -2.29. The lowest BCUT2D eigenvalue weighted by Crippen LogP contribution is -2.13. The van der Waals surface area contributed by atoms with Crippen molar-refractivity contribution in [3.8, 4) is 0 Å². The highest BCUT2D eigenvalue weighted by Crippen LogP contribution is 2.40. The standard InChI is InChI=1S/C51H45N/c1-36-16-24-45(25-17-36)49(43-12-8-6-9-13-43)34-41-20-28-47(29-21-41)52(51-39(4)32-38(3)33-40(51)5)48-30-22-42(23-31-48)35-50(44-14-10-7-11-15-44)46-26-18-37(2)19-27-46/h6-35H,1-5H3. The Morgan fingerprint density at radius 1 is 0.365 bits per heavy atom. The van der Waals surface area contributed by atoms with Crippen LogP contribution in [0.2, 0.25) is 0 Å². The van der Waals surface area contributed by atoms with Crippen LogP contribution in [0.4, 0.5) is 17.1 Å². The number of rotatable bonds is 9. The van der Waals surface area contributed by atoms with Crippen LogP contribution in [-0.2, 0) is 0 Å². The van der Waals surface area contributed by atoms with Gasteiger partial charge in [-0.3, -0.25) is 0 Å². The summed E-state index contributed by atoms with van der Waals surface area (Å²) in [4.78, 5) is 2.40. The molecule has 0 radical (unpaired) electrons. The van der Waals surface area contributed by atoms with Gasteiger partial charge in [0.15, 0.2) is 0 Å². The summed E-state index contributed by atoms with van der Waals surface area (Å²) in [7, 11) is 0. The highest BCUT2D eigenvalue weighted by molar-refractivity contribution is 5.93. The zero-order valence-electron chi connectivity index (χ0n) is 30.8. The largest absolute Gasteiger partial charge is 0.310 e. The fourth-order valence-electron chi connectivity index (χ4n) is 7.07. The second-order valence-electron chi connectivity index (χ2n) is 13.8. The first kappa shape index (κ1) is 34.3. The van der Waals surface area contributed by atoms with Gasteiger partial charge in [-0.1, -0.05) is 162 Å². The van der Waals surface area contributed by atoms with Crippen LogP contribution < -0.4 is 4.90 Å². The number of nitrogens with zero attached hydrogens (tertiary/aromatic N) is 1. The molecule has 0 saturated heterocycles. The Kier molecular flexibility index (Phi) is 10.1. The third-order valence-corrected chi connectivity index (χ3v) is 9.68. The summed E-state index contributed by atoms with van der Waals surface area (Å²) < 4.78 is 0. The summed E-state index contributed by atoms with van der Waals surface area (Å²) >= 11 is 0. The molecule has 254 valence electrons. The molecular weight excluding hydrogens is 627 g/mol. The van der Waals surface area contributed by atoms with Crippen molar-refractivity contribution in [3.63, 3.8) is 0 Å². The zero-order chi connectivity index (χ0) is 36.0. The van der Waals surface area contributed by atoms with E-state index in [9.17, 15) is 0 Å². The molecule has 0 unspecified atom stereocenters. The molecule has 1 nitrogen and oxygen atoms in total. The minimum atomic E-state index is 1.12. The van der Waals surface area contributed by atoms with E-state index in [1.54, 1.807) is 0 Å². The van der Waals surface area contributed by atoms with Crippen LogP contribution in [0.15, 0.2) is 170 Å². The molecule has 7 aromatic rings. The van der Waals surface area contributed by atoms with Crippen LogP contribution in [0, 0.1) is 34.6 Å². The minimum Gasteiger partial charge on any atom is -0.310 e. The van der Waals surface area contributed by atoms with E-state index in [4.69, 9.17) is 0 Å². The first-order chi connectivity index (χ1) is 25.3. The van der Waals surface area contributed by atoms with Gasteiger partial charge in [-0.25, -0.2) is 0 Å². The van der Waals surface area contributed by atoms with Crippen LogP contribution in [0.25, 0.3) is 23.3 Å². The van der Waals surface area contributed by atoms with Crippen molar-refractivity contribution in [2.75, 3.05) is 4.90 Å². The van der Waals surface area contributed by atoms with Gasteiger partial charge in [-0.15, -0.1) is 0 Å². The Morgan fingerprint density at radius 2 is 0.712 bits per heavy atom. The van der Waals surface area contributed by atoms with Gasteiger partial charge in [-0.05, 0) is 127 Å². The normalized spacial score (nSPS) is 11.8. The average Bonchev–Trinajstić information content (AvgIpc) is 3.16. The molecule has 0 bridgehead atoms. The van der Waals surface area contributed by atoms with Gasteiger partial charge in [0.2, 0.25) is 0 Å². The number of anilines is 3. The second kappa shape index (κ2) is 15.4. The molecule has 52 heavy (non-hydrogen) atoms. The van der Waals surface area contributed by atoms with Crippen molar-refractivity contribution in [1.29, 1.82) is 0 Å². The molecule has 7 rings (SSSR count). The molecule has 0 N–H and O–H groups in total. The summed E-state index contributed by atoms with van der Waals surface area (Å²) in [5.41, 5.74) is 19.3. The average molecular weight is 672 g/mol. The maximum absolute atomic E-state index is 2.40. The van der Waals surface area contributed by atoms with Gasteiger partial charge in [0.05, 0.1) is 5.69 Å². The summed E-state index contributed by atoms with van der Waals surface area (Å²) in [5.74, 6) is 0. The monoisotopic (exact) mass is 671 g/mol. The minimum absolute atomic E-state index is 1.12. The summed E-state index contributed by atoms with van der Waals surface area (Å²) in [6.45, 7) is 10.9. The van der Waals surface area contributed by atoms with E-state index >= 15 is 0 Å². The maximum Gasteiger partial charge on any atom is 0.0520 e. The summed E-state index contributed by atoms with van der Waals surface area (Å²) in [6.07, 6.45) is 4.60. The Hall–Kier alpha value is -6.18. The molecule has 0 amide bonds. The van der Waals surface area contributed by atoms with Crippen LogP contribution in [0.5, 0.6) is 0 Å². The topological polar surface area (TPSA) is 3.24 Å². The van der Waals surface area contributed by atoms with Crippen molar-refractivity contribution >= 4 is 40.4 Å². The third kappa shape index (κ3) is 7.75. The molecule has 1 heteroatoms. The Bertz CT molecular complexity index is 2160. The first-order valence-electron chi connectivity index (χ1n) is 18.1. The van der Waals surface area contributed by atoms with Crippen molar-refractivity contribution in [1.82, 2.24) is 0 Å². The van der Waals surface area contributed by atoms with E-state index in [0.717, 1.165) is 22.5 Å². The molecule has 0 heterocycles. The highest BCUT2D eigenvalue weighted by atomic mass is 15.1. The second-order valence-corrected chi connectivity index (χ2v) is 13.8. The molecule has 0 aromatic heterocycles. The number of hydrogen-bond acceptors (Lipinski definition) is 1. The molecular formula is C51H45N. The number of hydrogen-bond donors (Lipinski definition) is 0. The van der Waals surface area contributed by atoms with E-state index in [0.29, 0.717) is 0 Å². The van der Waals surface area contributed by atoms with Gasteiger partial charge >= 0.3 is 0 Å². The number of aryl methyl sites for hydroxylation is 5. The molecule has 0 aliphatic rings. The first-order valence-corrected chi connectivity index (χ1v) is 18.1. The van der Waals surface area contributed by atoms with E-state index in [2.05, 4.69) is 222 Å². The quantitative estimate of drug-likeness (QED) is 0.138. The lowest BCUT2D eigenvalue weighted by atomic mass is 9.94. The predicted molar refractivity (Wildman–Crippen MR) is 225 cm³/mol. The molecule has 0 spiro atoms. The lowest BCUT2D eigenvalue weighted by molar-refractivity contribution is 1.20. The van der Waals surface area contributed by atoms with E-state index in [1.807, 2.05) is 0 Å². The SMILES string of the molecule is Cc1ccc(C(=Cc2ccc(N(c3ccc(C=C(c4ccccc4)c4ccc(C)cc4)cc3)c3c(C)cc(C)cc3C)cc2)c2ccccc2)cc1. The van der Waals surface area contributed by atoms with E-state index < -0.39 is 0 Å². The van der Waals surface area contributed by atoms with Crippen LogP contribution in [0.3, 0.4) is 0 Å². The number of benzene rings is 7.